The molecule has 1 aliphatic heterocycles. The molecule has 1 aliphatic rings. The van der Waals surface area contributed by atoms with Crippen LogP contribution >= 0.6 is 0 Å². The number of nitrogens with zero attached hydrogens (tertiary/aromatic N) is 2. The highest BCUT2D eigenvalue weighted by molar-refractivity contribution is 4.96. The summed E-state index contributed by atoms with van der Waals surface area (Å²) < 4.78 is 1.35. The van der Waals surface area contributed by atoms with E-state index in [9.17, 15) is 4.79 Å². The van der Waals surface area contributed by atoms with Crippen molar-refractivity contribution in [1.29, 1.82) is 0 Å². The lowest BCUT2D eigenvalue weighted by molar-refractivity contribution is 0.445. The third kappa shape index (κ3) is 1.65. The summed E-state index contributed by atoms with van der Waals surface area (Å²) in [5, 5.41) is 7.43. The number of piperidine rings is 1. The van der Waals surface area contributed by atoms with Gasteiger partial charge in [0.25, 0.3) is 0 Å². The topological polar surface area (TPSA) is 62.7 Å². The maximum Gasteiger partial charge on any atom is 0.343 e. The van der Waals surface area contributed by atoms with Crippen molar-refractivity contribution in [2.24, 2.45) is 7.05 Å². The van der Waals surface area contributed by atoms with E-state index in [1.165, 1.54) is 4.68 Å². The van der Waals surface area contributed by atoms with Gasteiger partial charge in [-0.1, -0.05) is 0 Å². The molecule has 1 fully saturated rings. The van der Waals surface area contributed by atoms with Gasteiger partial charge in [-0.25, -0.2) is 9.48 Å². The number of aromatic nitrogens is 3. The molecule has 2 rings (SSSR count). The van der Waals surface area contributed by atoms with Crippen LogP contribution in [0.4, 0.5) is 0 Å². The number of rotatable bonds is 1. The SMILES string of the molecule is Cn1nc(C2CCCNC2)[nH]c1=O. The smallest absolute Gasteiger partial charge is 0.316 e. The van der Waals surface area contributed by atoms with Crippen LogP contribution in [0.3, 0.4) is 0 Å². The number of aryl methyl sites for hydroxylation is 1. The summed E-state index contributed by atoms with van der Waals surface area (Å²) in [6.45, 7) is 2.00. The zero-order chi connectivity index (χ0) is 9.26. The summed E-state index contributed by atoms with van der Waals surface area (Å²) in [5.41, 5.74) is -0.124. The molecule has 72 valence electrons. The van der Waals surface area contributed by atoms with E-state index in [4.69, 9.17) is 0 Å². The lowest BCUT2D eigenvalue weighted by Crippen LogP contribution is -2.29. The van der Waals surface area contributed by atoms with Crippen molar-refractivity contribution < 1.29 is 0 Å². The van der Waals surface area contributed by atoms with E-state index in [2.05, 4.69) is 15.4 Å². The molecule has 0 saturated carbocycles. The Hall–Kier alpha value is -1.10. The number of nitrogens with one attached hydrogen (secondary N) is 2. The number of aromatic amines is 1. The van der Waals surface area contributed by atoms with E-state index in [-0.39, 0.29) is 5.69 Å². The Morgan fingerprint density at radius 1 is 1.62 bits per heavy atom. The standard InChI is InChI=1S/C8H14N4O/c1-12-8(13)10-7(11-12)6-3-2-4-9-5-6/h6,9H,2-5H2,1H3,(H,10,11,13). The molecular weight excluding hydrogens is 168 g/mol. The molecule has 1 atom stereocenters. The highest BCUT2D eigenvalue weighted by atomic mass is 16.1. The molecule has 0 spiro atoms. The van der Waals surface area contributed by atoms with Crippen LogP contribution in [0.1, 0.15) is 24.6 Å². The second-order valence-electron chi connectivity index (χ2n) is 3.48. The van der Waals surface area contributed by atoms with Gasteiger partial charge in [-0.2, -0.15) is 5.10 Å². The van der Waals surface area contributed by atoms with Crippen molar-refractivity contribution in [2.75, 3.05) is 13.1 Å². The Morgan fingerprint density at radius 3 is 3.00 bits per heavy atom. The van der Waals surface area contributed by atoms with Crippen LogP contribution in [-0.2, 0) is 7.05 Å². The summed E-state index contributed by atoms with van der Waals surface area (Å²) in [6, 6.07) is 0. The van der Waals surface area contributed by atoms with E-state index in [1.807, 2.05) is 0 Å². The summed E-state index contributed by atoms with van der Waals surface area (Å²) in [7, 11) is 1.67. The van der Waals surface area contributed by atoms with Crippen LogP contribution < -0.4 is 11.0 Å². The van der Waals surface area contributed by atoms with Crippen molar-refractivity contribution in [3.63, 3.8) is 0 Å². The predicted molar refractivity (Wildman–Crippen MR) is 48.7 cm³/mol. The first-order valence-electron chi connectivity index (χ1n) is 4.61. The van der Waals surface area contributed by atoms with Crippen LogP contribution in [0, 0.1) is 0 Å². The highest BCUT2D eigenvalue weighted by Crippen LogP contribution is 2.18. The van der Waals surface area contributed by atoms with Gasteiger partial charge in [-0.3, -0.25) is 4.98 Å². The molecular formula is C8H14N4O. The summed E-state index contributed by atoms with van der Waals surface area (Å²) in [6.07, 6.45) is 2.27. The average Bonchev–Trinajstić information content (AvgIpc) is 2.49. The molecule has 1 saturated heterocycles. The fraction of sp³-hybridized carbons (Fsp3) is 0.750. The number of H-pyrrole nitrogens is 1. The Bertz CT molecular complexity index is 334. The predicted octanol–water partition coefficient (Wildman–Crippen LogP) is -0.425. The van der Waals surface area contributed by atoms with Crippen molar-refractivity contribution in [3.05, 3.63) is 16.3 Å². The maximum absolute atomic E-state index is 11.1. The zero-order valence-corrected chi connectivity index (χ0v) is 7.71. The van der Waals surface area contributed by atoms with Crippen molar-refractivity contribution >= 4 is 0 Å². The van der Waals surface area contributed by atoms with Gasteiger partial charge < -0.3 is 5.32 Å². The van der Waals surface area contributed by atoms with Gasteiger partial charge in [0, 0.05) is 19.5 Å². The molecule has 13 heavy (non-hydrogen) atoms. The molecule has 2 N–H and O–H groups in total. The van der Waals surface area contributed by atoms with Crippen LogP contribution in [-0.4, -0.2) is 27.9 Å². The quantitative estimate of drug-likeness (QED) is 0.620. The Balaban J connectivity index is 2.19. The van der Waals surface area contributed by atoms with Crippen molar-refractivity contribution in [2.45, 2.75) is 18.8 Å². The van der Waals surface area contributed by atoms with Crippen LogP contribution in [0.25, 0.3) is 0 Å². The third-order valence-corrected chi connectivity index (χ3v) is 2.47. The summed E-state index contributed by atoms with van der Waals surface area (Å²) in [4.78, 5) is 13.9. The Morgan fingerprint density at radius 2 is 2.46 bits per heavy atom. The van der Waals surface area contributed by atoms with Gasteiger partial charge in [-0.15, -0.1) is 0 Å². The number of hydrogen-bond acceptors (Lipinski definition) is 3. The van der Waals surface area contributed by atoms with Gasteiger partial charge in [0.15, 0.2) is 0 Å². The third-order valence-electron chi connectivity index (χ3n) is 2.47. The first-order valence-corrected chi connectivity index (χ1v) is 4.61. The molecule has 0 bridgehead atoms. The number of hydrogen-bond donors (Lipinski definition) is 2. The van der Waals surface area contributed by atoms with E-state index < -0.39 is 0 Å². The molecule has 0 aliphatic carbocycles. The zero-order valence-electron chi connectivity index (χ0n) is 7.71. The van der Waals surface area contributed by atoms with E-state index in [0.29, 0.717) is 5.92 Å². The van der Waals surface area contributed by atoms with E-state index in [0.717, 1.165) is 31.8 Å². The normalized spacial score (nSPS) is 23.3. The summed E-state index contributed by atoms with van der Waals surface area (Å²) >= 11 is 0. The molecule has 1 unspecified atom stereocenters. The van der Waals surface area contributed by atoms with Gasteiger partial charge in [-0.05, 0) is 19.4 Å². The van der Waals surface area contributed by atoms with Gasteiger partial charge in [0.1, 0.15) is 5.82 Å². The first kappa shape index (κ1) is 8.50. The fourth-order valence-corrected chi connectivity index (χ4v) is 1.69. The van der Waals surface area contributed by atoms with Crippen LogP contribution in [0.2, 0.25) is 0 Å². The molecule has 0 aromatic carbocycles. The van der Waals surface area contributed by atoms with Gasteiger partial charge >= 0.3 is 5.69 Å². The highest BCUT2D eigenvalue weighted by Gasteiger charge is 2.18. The molecule has 0 radical (unpaired) electrons. The largest absolute Gasteiger partial charge is 0.343 e. The Labute approximate surface area is 76.2 Å². The maximum atomic E-state index is 11.1. The molecule has 5 nitrogen and oxygen atoms in total. The van der Waals surface area contributed by atoms with E-state index >= 15 is 0 Å². The lowest BCUT2D eigenvalue weighted by Gasteiger charge is -2.19. The molecule has 5 heteroatoms. The minimum Gasteiger partial charge on any atom is -0.316 e. The monoisotopic (exact) mass is 182 g/mol. The first-order chi connectivity index (χ1) is 6.27. The molecule has 0 amide bonds. The molecule has 1 aromatic rings. The minimum atomic E-state index is -0.124. The Kier molecular flexibility index (Phi) is 2.18. The fourth-order valence-electron chi connectivity index (χ4n) is 1.69. The van der Waals surface area contributed by atoms with Crippen LogP contribution in [0.5, 0.6) is 0 Å². The van der Waals surface area contributed by atoms with Crippen LogP contribution in [0.15, 0.2) is 4.79 Å². The summed E-state index contributed by atoms with van der Waals surface area (Å²) in [5.74, 6) is 1.20. The van der Waals surface area contributed by atoms with Gasteiger partial charge in [0.2, 0.25) is 0 Å². The van der Waals surface area contributed by atoms with Crippen molar-refractivity contribution in [3.8, 4) is 0 Å². The second kappa shape index (κ2) is 3.33. The van der Waals surface area contributed by atoms with Gasteiger partial charge in [0.05, 0.1) is 0 Å². The average molecular weight is 182 g/mol. The van der Waals surface area contributed by atoms with Crippen molar-refractivity contribution in [1.82, 2.24) is 20.1 Å². The molecule has 1 aromatic heterocycles. The second-order valence-corrected chi connectivity index (χ2v) is 3.48. The molecule has 2 heterocycles. The van der Waals surface area contributed by atoms with E-state index in [1.54, 1.807) is 7.05 Å². The minimum absolute atomic E-state index is 0.124. The lowest BCUT2D eigenvalue weighted by atomic mass is 9.99.